The number of anilines is 1. The molecule has 1 aliphatic heterocycles. The van der Waals surface area contributed by atoms with E-state index in [4.69, 9.17) is 19.2 Å². The molecule has 0 spiro atoms. The van der Waals surface area contributed by atoms with E-state index < -0.39 is 23.8 Å². The van der Waals surface area contributed by atoms with E-state index in [0.29, 0.717) is 42.4 Å². The molecule has 1 N–H and O–H groups in total. The molecule has 3 aromatic rings. The van der Waals surface area contributed by atoms with E-state index in [1.165, 1.54) is 18.1 Å². The molecule has 1 amide bonds. The van der Waals surface area contributed by atoms with Gasteiger partial charge < -0.3 is 23.9 Å². The summed E-state index contributed by atoms with van der Waals surface area (Å²) in [4.78, 5) is 33.1. The minimum atomic E-state index is -1.15. The normalized spacial score (nSPS) is 17.8. The molecular formula is C24H27N3O6. The third kappa shape index (κ3) is 4.00. The van der Waals surface area contributed by atoms with Crippen LogP contribution in [-0.2, 0) is 19.1 Å². The zero-order chi connectivity index (χ0) is 23.5. The van der Waals surface area contributed by atoms with Gasteiger partial charge in [-0.2, -0.15) is 0 Å². The number of phenols is 1. The van der Waals surface area contributed by atoms with Crippen LogP contribution in [-0.4, -0.2) is 60.5 Å². The van der Waals surface area contributed by atoms with E-state index in [1.54, 1.807) is 26.2 Å². The van der Waals surface area contributed by atoms with Gasteiger partial charge in [-0.15, -0.1) is 0 Å². The fourth-order valence-corrected chi connectivity index (χ4v) is 4.32. The summed E-state index contributed by atoms with van der Waals surface area (Å²) in [5.74, 6) is -1.51. The number of ether oxygens (including phenoxy) is 3. The lowest BCUT2D eigenvalue weighted by atomic mass is 9.89. The Bertz CT molecular complexity index is 1170. The summed E-state index contributed by atoms with van der Waals surface area (Å²) in [7, 11) is 3.06. The van der Waals surface area contributed by atoms with E-state index in [9.17, 15) is 14.7 Å². The lowest BCUT2D eigenvalue weighted by Crippen LogP contribution is -2.50. The van der Waals surface area contributed by atoms with Crippen LogP contribution in [0.3, 0.4) is 0 Å². The Morgan fingerprint density at radius 2 is 1.97 bits per heavy atom. The number of amides is 1. The molecule has 1 aromatic heterocycles. The number of imidazole rings is 1. The molecule has 2 aromatic carbocycles. The molecule has 2 heterocycles. The van der Waals surface area contributed by atoms with E-state index in [2.05, 4.69) is 0 Å². The lowest BCUT2D eigenvalue weighted by Gasteiger charge is -2.38. The van der Waals surface area contributed by atoms with Crippen molar-refractivity contribution in [3.05, 3.63) is 48.0 Å². The van der Waals surface area contributed by atoms with Crippen LogP contribution >= 0.6 is 0 Å². The largest absolute Gasteiger partial charge is 0.504 e. The van der Waals surface area contributed by atoms with E-state index in [1.807, 2.05) is 28.8 Å². The van der Waals surface area contributed by atoms with Crippen molar-refractivity contribution in [2.75, 3.05) is 38.9 Å². The van der Waals surface area contributed by atoms with E-state index in [0.717, 1.165) is 5.52 Å². The van der Waals surface area contributed by atoms with Gasteiger partial charge in [0.1, 0.15) is 0 Å². The number of nitrogens with zero attached hydrogens (tertiary/aromatic N) is 3. The van der Waals surface area contributed by atoms with Crippen LogP contribution in [0.25, 0.3) is 11.0 Å². The molecule has 4 rings (SSSR count). The van der Waals surface area contributed by atoms with Crippen molar-refractivity contribution in [1.82, 2.24) is 9.55 Å². The molecule has 1 aliphatic rings. The van der Waals surface area contributed by atoms with Crippen LogP contribution in [0, 0.1) is 5.92 Å². The van der Waals surface area contributed by atoms with Crippen LogP contribution in [0.2, 0.25) is 0 Å². The number of aromatic nitrogens is 2. The number of aromatic hydroxyl groups is 1. The number of carbonyl (C=O) groups is 2. The van der Waals surface area contributed by atoms with Crippen molar-refractivity contribution in [2.24, 2.45) is 5.92 Å². The second-order valence-electron chi connectivity index (χ2n) is 7.71. The molecule has 9 nitrogen and oxygen atoms in total. The van der Waals surface area contributed by atoms with Gasteiger partial charge in [-0.05, 0) is 43.2 Å². The third-order valence-corrected chi connectivity index (χ3v) is 5.76. The van der Waals surface area contributed by atoms with Crippen molar-refractivity contribution in [2.45, 2.75) is 19.4 Å². The van der Waals surface area contributed by atoms with Gasteiger partial charge in [0.05, 0.1) is 30.8 Å². The van der Waals surface area contributed by atoms with Gasteiger partial charge in [-0.3, -0.25) is 14.5 Å². The Balaban J connectivity index is 1.94. The molecule has 2 atom stereocenters. The number of phenolic OH excluding ortho intramolecular Hbond substituents is 1. The van der Waals surface area contributed by atoms with Gasteiger partial charge in [-0.25, -0.2) is 4.98 Å². The highest BCUT2D eigenvalue weighted by Gasteiger charge is 2.47. The summed E-state index contributed by atoms with van der Waals surface area (Å²) in [5, 5.41) is 10.4. The number of hydrogen-bond donors (Lipinski definition) is 1. The fourth-order valence-electron chi connectivity index (χ4n) is 4.32. The maximum atomic E-state index is 13.7. The molecular weight excluding hydrogens is 426 g/mol. The van der Waals surface area contributed by atoms with E-state index >= 15 is 0 Å². The van der Waals surface area contributed by atoms with Gasteiger partial charge in [0.25, 0.3) is 0 Å². The number of fused-ring (bicyclic) bond motifs is 3. The van der Waals surface area contributed by atoms with Gasteiger partial charge in [0.15, 0.2) is 17.4 Å². The van der Waals surface area contributed by atoms with Crippen molar-refractivity contribution in [3.8, 4) is 11.5 Å². The molecule has 0 bridgehead atoms. The molecule has 0 aliphatic carbocycles. The van der Waals surface area contributed by atoms with Gasteiger partial charge in [0, 0.05) is 20.3 Å². The Morgan fingerprint density at radius 1 is 1.18 bits per heavy atom. The monoisotopic (exact) mass is 453 g/mol. The SMILES string of the molecule is CCOC(=O)[C@@H]1C(=O)N(CCCOC)c2nc3ccccc3n2[C@H]1c1ccc(OC)c(O)c1. The maximum absolute atomic E-state index is 13.7. The lowest BCUT2D eigenvalue weighted by molar-refractivity contribution is -0.153. The second-order valence-corrected chi connectivity index (χ2v) is 7.71. The number of hydrogen-bond acceptors (Lipinski definition) is 7. The Labute approximate surface area is 191 Å². The first-order valence-corrected chi connectivity index (χ1v) is 10.8. The quantitative estimate of drug-likeness (QED) is 0.318. The highest BCUT2D eigenvalue weighted by Crippen LogP contribution is 2.43. The number of benzene rings is 2. The minimum Gasteiger partial charge on any atom is -0.504 e. The Morgan fingerprint density at radius 3 is 2.67 bits per heavy atom. The summed E-state index contributed by atoms with van der Waals surface area (Å²) in [6, 6.07) is 11.6. The average Bonchev–Trinajstić information content (AvgIpc) is 3.19. The fraction of sp³-hybridized carbons (Fsp3) is 0.375. The van der Waals surface area contributed by atoms with Crippen molar-refractivity contribution in [1.29, 1.82) is 0 Å². The molecule has 0 fully saturated rings. The molecule has 0 unspecified atom stereocenters. The second kappa shape index (κ2) is 9.50. The van der Waals surface area contributed by atoms with Crippen LogP contribution in [0.5, 0.6) is 11.5 Å². The number of methoxy groups -OCH3 is 2. The predicted molar refractivity (Wildman–Crippen MR) is 121 cm³/mol. The van der Waals surface area contributed by atoms with Crippen LogP contribution in [0.4, 0.5) is 5.95 Å². The summed E-state index contributed by atoms with van der Waals surface area (Å²) >= 11 is 0. The summed E-state index contributed by atoms with van der Waals surface area (Å²) in [6.45, 7) is 2.65. The predicted octanol–water partition coefficient (Wildman–Crippen LogP) is 2.90. The zero-order valence-corrected chi connectivity index (χ0v) is 18.9. The van der Waals surface area contributed by atoms with Gasteiger partial charge in [0.2, 0.25) is 11.9 Å². The molecule has 0 radical (unpaired) electrons. The summed E-state index contributed by atoms with van der Waals surface area (Å²) in [6.07, 6.45) is 0.578. The summed E-state index contributed by atoms with van der Waals surface area (Å²) < 4.78 is 17.5. The zero-order valence-electron chi connectivity index (χ0n) is 18.9. The van der Waals surface area contributed by atoms with Crippen molar-refractivity contribution < 1.29 is 28.9 Å². The average molecular weight is 453 g/mol. The van der Waals surface area contributed by atoms with Gasteiger partial charge >= 0.3 is 5.97 Å². The maximum Gasteiger partial charge on any atom is 0.321 e. The van der Waals surface area contributed by atoms with Crippen LogP contribution in [0.15, 0.2) is 42.5 Å². The smallest absolute Gasteiger partial charge is 0.321 e. The first kappa shape index (κ1) is 22.6. The standard InChI is InChI=1S/C24H27N3O6/c1-4-33-23(30)20-21(15-10-11-19(32-3)18(28)14-15)27-17-9-6-5-8-16(17)25-24(27)26(22(20)29)12-7-13-31-2/h5-6,8-11,14,20-21,28H,4,7,12-13H2,1-3H3/t20-,21-/m0/s1. The van der Waals surface area contributed by atoms with Crippen molar-refractivity contribution >= 4 is 28.9 Å². The Kier molecular flexibility index (Phi) is 6.50. The first-order valence-electron chi connectivity index (χ1n) is 10.8. The number of rotatable bonds is 8. The van der Waals surface area contributed by atoms with Crippen LogP contribution < -0.4 is 9.64 Å². The molecule has 9 heteroatoms. The minimum absolute atomic E-state index is 0.0847. The molecule has 174 valence electrons. The number of para-hydroxylation sites is 2. The molecule has 33 heavy (non-hydrogen) atoms. The summed E-state index contributed by atoms with van der Waals surface area (Å²) in [5.41, 5.74) is 2.04. The van der Waals surface area contributed by atoms with Gasteiger partial charge in [-0.1, -0.05) is 18.2 Å². The number of carbonyl (C=O) groups excluding carboxylic acids is 2. The van der Waals surface area contributed by atoms with Crippen LogP contribution in [0.1, 0.15) is 24.9 Å². The van der Waals surface area contributed by atoms with E-state index in [-0.39, 0.29) is 12.4 Å². The Hall–Kier alpha value is -3.59. The topological polar surface area (TPSA) is 103 Å². The number of esters is 1. The highest BCUT2D eigenvalue weighted by molar-refractivity contribution is 6.08. The van der Waals surface area contributed by atoms with Crippen molar-refractivity contribution in [3.63, 3.8) is 0 Å². The molecule has 0 saturated heterocycles. The first-order chi connectivity index (χ1) is 16.0. The third-order valence-electron chi connectivity index (χ3n) is 5.76. The highest BCUT2D eigenvalue weighted by atomic mass is 16.5. The molecule has 0 saturated carbocycles.